The molecule has 0 radical (unpaired) electrons. The van der Waals surface area contributed by atoms with Crippen molar-refractivity contribution in [2.75, 3.05) is 13.2 Å². The lowest BCUT2D eigenvalue weighted by atomic mass is 10.0. The molecule has 2 N–H and O–H groups in total. The molecule has 2 fully saturated rings. The fourth-order valence-corrected chi connectivity index (χ4v) is 3.88. The first-order valence-corrected chi connectivity index (χ1v) is 10.9. The zero-order chi connectivity index (χ0) is 21.1. The minimum Gasteiger partial charge on any atom is -0.493 e. The standard InChI is InChI=1S/C22H26N4O3S/c1-22(2,25-30-18-5-3-4-17(10-18)29-14-15-6-7-15)19-9-8-16(11-23-19)12-26-13-20(27)24-21(26)28/h3-5,8-11,15,25H,6-7,12-14H2,1-2H3,(H,24,27,28). The van der Waals surface area contributed by atoms with Gasteiger partial charge in [0.2, 0.25) is 5.91 Å². The van der Waals surface area contributed by atoms with E-state index >= 15 is 0 Å². The molecule has 1 aliphatic carbocycles. The zero-order valence-electron chi connectivity index (χ0n) is 17.2. The number of rotatable bonds is 9. The average molecular weight is 427 g/mol. The first kappa shape index (κ1) is 20.7. The van der Waals surface area contributed by atoms with Crippen molar-refractivity contribution >= 4 is 23.9 Å². The number of hydrogen-bond donors (Lipinski definition) is 2. The fourth-order valence-electron chi connectivity index (χ4n) is 3.08. The third-order valence-corrected chi connectivity index (χ3v) is 6.22. The molecule has 1 saturated heterocycles. The highest BCUT2D eigenvalue weighted by atomic mass is 32.2. The van der Waals surface area contributed by atoms with Crippen LogP contribution in [0, 0.1) is 5.92 Å². The molecule has 7 nitrogen and oxygen atoms in total. The minimum absolute atomic E-state index is 0.0910. The summed E-state index contributed by atoms with van der Waals surface area (Å²) >= 11 is 1.55. The molecule has 158 valence electrons. The van der Waals surface area contributed by atoms with Crippen molar-refractivity contribution in [1.29, 1.82) is 0 Å². The smallest absolute Gasteiger partial charge is 0.324 e. The van der Waals surface area contributed by atoms with Gasteiger partial charge in [0, 0.05) is 17.6 Å². The lowest BCUT2D eigenvalue weighted by Gasteiger charge is -2.25. The lowest BCUT2D eigenvalue weighted by Crippen LogP contribution is -2.32. The molecule has 1 aromatic heterocycles. The summed E-state index contributed by atoms with van der Waals surface area (Å²) < 4.78 is 9.34. The van der Waals surface area contributed by atoms with Crippen LogP contribution in [0.4, 0.5) is 4.79 Å². The van der Waals surface area contributed by atoms with Crippen LogP contribution < -0.4 is 14.8 Å². The Kier molecular flexibility index (Phi) is 5.97. The third-order valence-electron chi connectivity index (χ3n) is 5.12. The van der Waals surface area contributed by atoms with Crippen LogP contribution in [0.25, 0.3) is 0 Å². The zero-order valence-corrected chi connectivity index (χ0v) is 18.0. The van der Waals surface area contributed by atoms with Crippen LogP contribution in [0.5, 0.6) is 5.75 Å². The Morgan fingerprint density at radius 1 is 1.27 bits per heavy atom. The number of nitrogens with one attached hydrogen (secondary N) is 2. The van der Waals surface area contributed by atoms with E-state index in [4.69, 9.17) is 4.74 Å². The predicted octanol–water partition coefficient (Wildman–Crippen LogP) is 3.45. The highest BCUT2D eigenvalue weighted by Crippen LogP contribution is 2.31. The number of carbonyl (C=O) groups excluding carboxylic acids is 2. The highest BCUT2D eigenvalue weighted by Gasteiger charge is 2.27. The van der Waals surface area contributed by atoms with E-state index < -0.39 is 0 Å². The fraction of sp³-hybridized carbons (Fsp3) is 0.409. The summed E-state index contributed by atoms with van der Waals surface area (Å²) in [7, 11) is 0. The molecule has 0 spiro atoms. The highest BCUT2D eigenvalue weighted by molar-refractivity contribution is 7.97. The van der Waals surface area contributed by atoms with Gasteiger partial charge in [0.05, 0.1) is 17.8 Å². The summed E-state index contributed by atoms with van der Waals surface area (Å²) in [6, 6.07) is 11.6. The van der Waals surface area contributed by atoms with Gasteiger partial charge >= 0.3 is 6.03 Å². The Morgan fingerprint density at radius 3 is 2.77 bits per heavy atom. The second-order valence-electron chi connectivity index (χ2n) is 8.32. The van der Waals surface area contributed by atoms with Crippen LogP contribution in [0.2, 0.25) is 0 Å². The molecule has 1 aromatic carbocycles. The summed E-state index contributed by atoms with van der Waals surface area (Å²) in [6.07, 6.45) is 4.31. The third kappa shape index (κ3) is 5.31. The minimum atomic E-state index is -0.366. The number of hydrogen-bond acceptors (Lipinski definition) is 6. The largest absolute Gasteiger partial charge is 0.493 e. The van der Waals surface area contributed by atoms with Crippen LogP contribution in [0.1, 0.15) is 37.9 Å². The molecule has 1 aliphatic heterocycles. The van der Waals surface area contributed by atoms with Crippen molar-refractivity contribution in [2.24, 2.45) is 5.92 Å². The number of carbonyl (C=O) groups is 2. The molecular weight excluding hydrogens is 400 g/mol. The Morgan fingerprint density at radius 2 is 2.10 bits per heavy atom. The molecule has 0 atom stereocenters. The maximum absolute atomic E-state index is 11.7. The molecule has 3 amide bonds. The predicted molar refractivity (Wildman–Crippen MR) is 115 cm³/mol. The summed E-state index contributed by atoms with van der Waals surface area (Å²) in [5.41, 5.74) is 1.41. The number of pyridine rings is 1. The molecular formula is C22H26N4O3S. The number of urea groups is 1. The summed E-state index contributed by atoms with van der Waals surface area (Å²) in [4.78, 5) is 30.1. The molecule has 30 heavy (non-hydrogen) atoms. The van der Waals surface area contributed by atoms with Gasteiger partial charge in [-0.3, -0.25) is 15.1 Å². The van der Waals surface area contributed by atoms with Crippen LogP contribution in [0.3, 0.4) is 0 Å². The number of ether oxygens (including phenoxy) is 1. The van der Waals surface area contributed by atoms with Gasteiger partial charge in [0.25, 0.3) is 0 Å². The van der Waals surface area contributed by atoms with Crippen LogP contribution >= 0.6 is 11.9 Å². The Balaban J connectivity index is 1.33. The summed E-state index contributed by atoms with van der Waals surface area (Å²) in [5.74, 6) is 1.36. The molecule has 2 aromatic rings. The van der Waals surface area contributed by atoms with E-state index in [1.807, 2.05) is 24.3 Å². The van der Waals surface area contributed by atoms with Gasteiger partial charge in [0.1, 0.15) is 12.3 Å². The van der Waals surface area contributed by atoms with E-state index in [1.165, 1.54) is 17.7 Å². The van der Waals surface area contributed by atoms with Gasteiger partial charge in [-0.15, -0.1) is 0 Å². The SMILES string of the molecule is CC(C)(NSc1cccc(OCC2CC2)c1)c1ccc(CN2CC(=O)NC2=O)cn1. The summed E-state index contributed by atoms with van der Waals surface area (Å²) in [6.45, 7) is 5.40. The van der Waals surface area contributed by atoms with E-state index in [9.17, 15) is 9.59 Å². The molecule has 0 bridgehead atoms. The molecule has 8 heteroatoms. The van der Waals surface area contributed by atoms with Crippen molar-refractivity contribution in [3.8, 4) is 5.75 Å². The summed E-state index contributed by atoms with van der Waals surface area (Å²) in [5, 5.41) is 2.28. The van der Waals surface area contributed by atoms with Crippen molar-refractivity contribution < 1.29 is 14.3 Å². The van der Waals surface area contributed by atoms with Gasteiger partial charge in [-0.25, -0.2) is 9.52 Å². The first-order valence-electron chi connectivity index (χ1n) is 10.1. The Bertz CT molecular complexity index is 928. The van der Waals surface area contributed by atoms with Crippen molar-refractivity contribution in [1.82, 2.24) is 19.9 Å². The van der Waals surface area contributed by atoms with Gasteiger partial charge in [0.15, 0.2) is 0 Å². The second kappa shape index (κ2) is 8.65. The van der Waals surface area contributed by atoms with Crippen LogP contribution in [-0.2, 0) is 16.9 Å². The van der Waals surface area contributed by atoms with Crippen molar-refractivity contribution in [2.45, 2.75) is 43.7 Å². The van der Waals surface area contributed by atoms with Crippen molar-refractivity contribution in [3.05, 3.63) is 53.9 Å². The average Bonchev–Trinajstić information content (AvgIpc) is 3.50. The molecule has 0 unspecified atom stereocenters. The quantitative estimate of drug-likeness (QED) is 0.472. The van der Waals surface area contributed by atoms with E-state index in [-0.39, 0.29) is 24.0 Å². The van der Waals surface area contributed by atoms with E-state index in [2.05, 4.69) is 41.0 Å². The van der Waals surface area contributed by atoms with Gasteiger partial charge in [-0.05, 0) is 74.4 Å². The van der Waals surface area contributed by atoms with E-state index in [1.54, 1.807) is 18.1 Å². The first-order chi connectivity index (χ1) is 14.4. The second-order valence-corrected chi connectivity index (χ2v) is 9.20. The maximum Gasteiger partial charge on any atom is 0.324 e. The van der Waals surface area contributed by atoms with Crippen LogP contribution in [0.15, 0.2) is 47.5 Å². The maximum atomic E-state index is 11.7. The van der Waals surface area contributed by atoms with Gasteiger partial charge in [-0.2, -0.15) is 0 Å². The number of aromatic nitrogens is 1. The molecule has 4 rings (SSSR count). The number of amides is 3. The number of benzene rings is 1. The van der Waals surface area contributed by atoms with Crippen LogP contribution in [-0.4, -0.2) is 35.0 Å². The van der Waals surface area contributed by atoms with E-state index in [0.717, 1.165) is 34.4 Å². The Hall–Kier alpha value is -2.58. The molecule has 2 heterocycles. The van der Waals surface area contributed by atoms with Gasteiger partial charge in [-0.1, -0.05) is 12.1 Å². The monoisotopic (exact) mass is 426 g/mol. The van der Waals surface area contributed by atoms with E-state index in [0.29, 0.717) is 6.54 Å². The van der Waals surface area contributed by atoms with Crippen molar-refractivity contribution in [3.63, 3.8) is 0 Å². The Labute approximate surface area is 180 Å². The van der Waals surface area contributed by atoms with Gasteiger partial charge < -0.3 is 9.64 Å². The molecule has 1 saturated carbocycles. The molecule has 2 aliphatic rings. The lowest BCUT2D eigenvalue weighted by molar-refractivity contribution is -0.118. The number of nitrogens with zero attached hydrogens (tertiary/aromatic N) is 2. The number of imide groups is 1. The topological polar surface area (TPSA) is 83.6 Å². The normalized spacial score (nSPS) is 16.7.